The maximum Gasteiger partial charge on any atom is 0.174 e. The van der Waals surface area contributed by atoms with E-state index in [2.05, 4.69) is 29.6 Å². The van der Waals surface area contributed by atoms with Gasteiger partial charge in [-0.15, -0.1) is 0 Å². The third kappa shape index (κ3) is 6.30. The number of benzene rings is 5. The fraction of sp³-hybridized carbons (Fsp3) is 0.162. The van der Waals surface area contributed by atoms with Crippen molar-refractivity contribution in [1.29, 1.82) is 0 Å². The van der Waals surface area contributed by atoms with Gasteiger partial charge in [0.25, 0.3) is 0 Å². The zero-order chi connectivity index (χ0) is 30.6. The summed E-state index contributed by atoms with van der Waals surface area (Å²) in [6.45, 7) is 0. The Labute approximate surface area is 261 Å². The lowest BCUT2D eigenvalue weighted by Gasteiger charge is -2.29. The Morgan fingerprint density at radius 1 is 0.750 bits per heavy atom. The lowest BCUT2D eigenvalue weighted by molar-refractivity contribution is 0.162. The summed E-state index contributed by atoms with van der Waals surface area (Å²) < 4.78 is 13.4. The highest BCUT2D eigenvalue weighted by Gasteiger charge is 2.40. The molecule has 1 fully saturated rings. The van der Waals surface area contributed by atoms with E-state index in [0.29, 0.717) is 29.9 Å². The van der Waals surface area contributed by atoms with E-state index in [0.717, 1.165) is 33.5 Å². The first-order chi connectivity index (χ1) is 21.4. The monoisotopic (exact) mass is 604 g/mol. The zero-order valence-corrected chi connectivity index (χ0v) is 24.8. The second-order valence-corrected chi connectivity index (χ2v) is 11.5. The molecule has 5 aromatic carbocycles. The Morgan fingerprint density at radius 2 is 1.41 bits per heavy atom. The Kier molecular flexibility index (Phi) is 8.59. The SMILES string of the molecule is Oc1cccc(-c2ccc(C3C(CCCC(O)c4ccc(F)cc4)NC(=S)N3c3ccc(-c4ccccc4)cc3)c(O)c2)c1. The van der Waals surface area contributed by atoms with E-state index in [9.17, 15) is 19.7 Å². The van der Waals surface area contributed by atoms with Gasteiger partial charge in [-0.2, -0.15) is 0 Å². The molecule has 222 valence electrons. The summed E-state index contributed by atoms with van der Waals surface area (Å²) in [5.74, 6) is -0.0479. The Hall–Kier alpha value is -4.72. The molecule has 44 heavy (non-hydrogen) atoms. The molecule has 7 heteroatoms. The van der Waals surface area contributed by atoms with Crippen molar-refractivity contribution in [1.82, 2.24) is 5.32 Å². The van der Waals surface area contributed by atoms with Crippen LogP contribution < -0.4 is 10.2 Å². The fourth-order valence-electron chi connectivity index (χ4n) is 5.96. The predicted molar refractivity (Wildman–Crippen MR) is 177 cm³/mol. The van der Waals surface area contributed by atoms with E-state index < -0.39 is 6.10 Å². The molecular weight excluding hydrogens is 571 g/mol. The summed E-state index contributed by atoms with van der Waals surface area (Å²) in [5.41, 5.74) is 6.09. The van der Waals surface area contributed by atoms with Crippen LogP contribution in [-0.2, 0) is 0 Å². The molecule has 0 saturated carbocycles. The van der Waals surface area contributed by atoms with Gasteiger partial charge in [-0.05, 0) is 102 Å². The van der Waals surface area contributed by atoms with Crippen LogP contribution in [0, 0.1) is 5.82 Å². The van der Waals surface area contributed by atoms with E-state index in [-0.39, 0.29) is 29.4 Å². The first-order valence-corrected chi connectivity index (χ1v) is 15.1. The van der Waals surface area contributed by atoms with Gasteiger partial charge >= 0.3 is 0 Å². The molecule has 0 amide bonds. The van der Waals surface area contributed by atoms with Crippen molar-refractivity contribution in [2.24, 2.45) is 0 Å². The van der Waals surface area contributed by atoms with E-state index in [4.69, 9.17) is 12.2 Å². The molecule has 5 aromatic rings. The lowest BCUT2D eigenvalue weighted by atomic mass is 9.91. The molecule has 0 aromatic heterocycles. The third-order valence-corrected chi connectivity index (χ3v) is 8.53. The van der Waals surface area contributed by atoms with Gasteiger partial charge in [-0.1, -0.05) is 78.9 Å². The molecule has 1 heterocycles. The van der Waals surface area contributed by atoms with Gasteiger partial charge in [0, 0.05) is 11.3 Å². The summed E-state index contributed by atoms with van der Waals surface area (Å²) in [6, 6.07) is 36.4. The normalized spacial score (nSPS) is 17.0. The standard InChI is InChI=1S/C37H33FN2O3S/c38-29-17-12-26(13-18-29)34(42)11-5-10-33-36(32-21-16-28(23-35(32)43)27-8-4-9-31(41)22-27)40(37(44)39-33)30-19-14-25(15-20-30)24-6-2-1-3-7-24/h1-4,6-9,12-23,33-34,36,41-43H,5,10-11H2,(H,39,44). The molecule has 4 N–H and O–H groups in total. The maximum atomic E-state index is 13.4. The minimum absolute atomic E-state index is 0.129. The number of phenolic OH excluding ortho intramolecular Hbond substituents is 2. The first-order valence-electron chi connectivity index (χ1n) is 14.7. The van der Waals surface area contributed by atoms with Gasteiger partial charge < -0.3 is 25.5 Å². The van der Waals surface area contributed by atoms with Crippen LogP contribution in [0.3, 0.4) is 0 Å². The van der Waals surface area contributed by atoms with Crippen LogP contribution in [-0.4, -0.2) is 26.5 Å². The molecule has 3 unspecified atom stereocenters. The third-order valence-electron chi connectivity index (χ3n) is 8.22. The predicted octanol–water partition coefficient (Wildman–Crippen LogP) is 8.28. The highest BCUT2D eigenvalue weighted by molar-refractivity contribution is 7.80. The smallest absolute Gasteiger partial charge is 0.174 e. The Morgan fingerprint density at radius 3 is 2.11 bits per heavy atom. The number of nitrogens with one attached hydrogen (secondary N) is 1. The quantitative estimate of drug-likeness (QED) is 0.127. The van der Waals surface area contributed by atoms with Gasteiger partial charge in [-0.25, -0.2) is 4.39 Å². The molecule has 0 spiro atoms. The topological polar surface area (TPSA) is 76.0 Å². The van der Waals surface area contributed by atoms with Crippen LogP contribution in [0.1, 0.15) is 42.5 Å². The minimum Gasteiger partial charge on any atom is -0.508 e. The molecule has 0 bridgehead atoms. The van der Waals surface area contributed by atoms with Crippen LogP contribution in [0.25, 0.3) is 22.3 Å². The van der Waals surface area contributed by atoms with Crippen molar-refractivity contribution < 1.29 is 19.7 Å². The number of anilines is 1. The number of aromatic hydroxyl groups is 2. The molecular formula is C37H33FN2O3S. The summed E-state index contributed by atoms with van der Waals surface area (Å²) in [5, 5.41) is 36.1. The van der Waals surface area contributed by atoms with E-state index in [1.54, 1.807) is 36.4 Å². The van der Waals surface area contributed by atoms with E-state index in [1.807, 2.05) is 53.4 Å². The molecule has 0 aliphatic carbocycles. The lowest BCUT2D eigenvalue weighted by Crippen LogP contribution is -2.29. The maximum absolute atomic E-state index is 13.4. The van der Waals surface area contributed by atoms with Gasteiger partial charge in [0.1, 0.15) is 17.3 Å². The summed E-state index contributed by atoms with van der Waals surface area (Å²) >= 11 is 5.87. The first kappa shape index (κ1) is 29.4. The van der Waals surface area contributed by atoms with E-state index >= 15 is 0 Å². The average Bonchev–Trinajstić information content (AvgIpc) is 3.36. The second kappa shape index (κ2) is 12.9. The summed E-state index contributed by atoms with van der Waals surface area (Å²) in [4.78, 5) is 2.05. The molecule has 1 aliphatic rings. The number of halogens is 1. The summed E-state index contributed by atoms with van der Waals surface area (Å²) in [7, 11) is 0. The van der Waals surface area contributed by atoms with Gasteiger partial charge in [0.05, 0.1) is 18.2 Å². The van der Waals surface area contributed by atoms with Crippen molar-refractivity contribution in [3.05, 3.63) is 138 Å². The fourth-order valence-corrected chi connectivity index (χ4v) is 6.33. The number of aliphatic hydroxyl groups is 1. The molecule has 0 radical (unpaired) electrons. The van der Waals surface area contributed by atoms with Gasteiger partial charge in [0.15, 0.2) is 5.11 Å². The number of hydrogen-bond donors (Lipinski definition) is 4. The van der Waals surface area contributed by atoms with Crippen molar-refractivity contribution in [3.63, 3.8) is 0 Å². The van der Waals surface area contributed by atoms with Gasteiger partial charge in [-0.3, -0.25) is 0 Å². The molecule has 5 nitrogen and oxygen atoms in total. The molecule has 6 rings (SSSR count). The molecule has 3 atom stereocenters. The average molecular weight is 605 g/mol. The number of thiocarbonyl (C=S) groups is 1. The van der Waals surface area contributed by atoms with E-state index in [1.165, 1.54) is 12.1 Å². The van der Waals surface area contributed by atoms with Crippen molar-refractivity contribution in [2.75, 3.05) is 4.90 Å². The summed E-state index contributed by atoms with van der Waals surface area (Å²) in [6.07, 6.45) is 1.14. The minimum atomic E-state index is -0.709. The Balaban J connectivity index is 1.29. The number of nitrogens with zero attached hydrogens (tertiary/aromatic N) is 1. The van der Waals surface area contributed by atoms with Crippen molar-refractivity contribution in [3.8, 4) is 33.8 Å². The second-order valence-electron chi connectivity index (χ2n) is 11.1. The van der Waals surface area contributed by atoms with Crippen LogP contribution in [0.4, 0.5) is 10.1 Å². The number of rotatable bonds is 9. The highest BCUT2D eigenvalue weighted by atomic mass is 32.1. The molecule has 1 aliphatic heterocycles. The number of phenols is 2. The largest absolute Gasteiger partial charge is 0.508 e. The molecule has 1 saturated heterocycles. The van der Waals surface area contributed by atoms with Gasteiger partial charge in [0.2, 0.25) is 0 Å². The highest BCUT2D eigenvalue weighted by Crippen LogP contribution is 2.42. The Bertz CT molecular complexity index is 1750. The van der Waals surface area contributed by atoms with Crippen molar-refractivity contribution >= 4 is 23.0 Å². The van der Waals surface area contributed by atoms with Crippen LogP contribution in [0.15, 0.2) is 121 Å². The van der Waals surface area contributed by atoms with Crippen LogP contribution in [0.5, 0.6) is 11.5 Å². The van der Waals surface area contributed by atoms with Crippen LogP contribution in [0.2, 0.25) is 0 Å². The number of aliphatic hydroxyl groups excluding tert-OH is 1. The zero-order valence-electron chi connectivity index (χ0n) is 24.0. The van der Waals surface area contributed by atoms with Crippen LogP contribution >= 0.6 is 12.2 Å². The number of hydrogen-bond acceptors (Lipinski definition) is 4. The van der Waals surface area contributed by atoms with Crippen molar-refractivity contribution in [2.45, 2.75) is 37.5 Å².